The van der Waals surface area contributed by atoms with Crippen molar-refractivity contribution in [2.24, 2.45) is 0 Å². The Labute approximate surface area is 107 Å². The maximum atomic E-state index is 5.65. The molecular weight excluding hydrogens is 264 g/mol. The molecule has 0 radical (unpaired) electrons. The van der Waals surface area contributed by atoms with Crippen molar-refractivity contribution in [1.82, 2.24) is 0 Å². The lowest BCUT2D eigenvalue weighted by Gasteiger charge is -2.06. The summed E-state index contributed by atoms with van der Waals surface area (Å²) in [7, 11) is 0. The van der Waals surface area contributed by atoms with Crippen LogP contribution in [-0.2, 0) is 6.42 Å². The monoisotopic (exact) mass is 284 g/mol. The maximum Gasteiger partial charge on any atom is 0.119 e. The van der Waals surface area contributed by atoms with Gasteiger partial charge in [-0.1, -0.05) is 41.4 Å². The van der Waals surface area contributed by atoms with E-state index in [0.29, 0.717) is 0 Å². The van der Waals surface area contributed by atoms with Crippen LogP contribution >= 0.6 is 15.9 Å². The van der Waals surface area contributed by atoms with E-state index in [1.165, 1.54) is 31.2 Å². The predicted octanol–water partition coefficient (Wildman–Crippen LogP) is 4.58. The Balaban J connectivity index is 2.27. The molecule has 0 heterocycles. The fourth-order valence-corrected chi connectivity index (χ4v) is 1.92. The maximum absolute atomic E-state index is 5.65. The highest BCUT2D eigenvalue weighted by molar-refractivity contribution is 9.09. The number of unbranched alkanes of at least 4 members (excludes halogenated alkanes) is 2. The number of alkyl halides is 1. The second-order valence-electron chi connectivity index (χ2n) is 3.99. The minimum absolute atomic E-state index is 0.819. The largest absolute Gasteiger partial charge is 0.494 e. The fourth-order valence-electron chi connectivity index (χ4n) is 1.52. The van der Waals surface area contributed by atoms with Gasteiger partial charge in [-0.2, -0.15) is 0 Å². The van der Waals surface area contributed by atoms with Gasteiger partial charge in [0, 0.05) is 5.33 Å². The number of aryl methyl sites for hydroxylation is 1. The highest BCUT2D eigenvalue weighted by Crippen LogP contribution is 2.14. The van der Waals surface area contributed by atoms with E-state index in [0.717, 1.165) is 24.1 Å². The second-order valence-corrected chi connectivity index (χ2v) is 4.79. The zero-order chi connectivity index (χ0) is 11.6. The molecule has 0 saturated heterocycles. The molecule has 0 unspecified atom stereocenters. The Hall–Kier alpha value is -0.500. The normalized spacial score (nSPS) is 10.4. The van der Waals surface area contributed by atoms with Gasteiger partial charge >= 0.3 is 0 Å². The summed E-state index contributed by atoms with van der Waals surface area (Å²) >= 11 is 3.41. The van der Waals surface area contributed by atoms with Gasteiger partial charge in [-0.15, -0.1) is 0 Å². The van der Waals surface area contributed by atoms with Crippen molar-refractivity contribution < 1.29 is 4.74 Å². The van der Waals surface area contributed by atoms with E-state index in [1.807, 2.05) is 0 Å². The highest BCUT2D eigenvalue weighted by atomic mass is 79.9. The molecule has 1 nitrogen and oxygen atoms in total. The molecule has 0 bridgehead atoms. The summed E-state index contributed by atoms with van der Waals surface area (Å²) < 4.78 is 5.65. The first-order valence-electron chi connectivity index (χ1n) is 6.14. The van der Waals surface area contributed by atoms with E-state index < -0.39 is 0 Å². The van der Waals surface area contributed by atoms with Crippen LogP contribution in [0.5, 0.6) is 5.75 Å². The summed E-state index contributed by atoms with van der Waals surface area (Å²) in [5.74, 6) is 0.995. The molecule has 1 aromatic rings. The van der Waals surface area contributed by atoms with Crippen molar-refractivity contribution >= 4 is 15.9 Å². The molecule has 1 rings (SSSR count). The molecule has 0 aromatic heterocycles. The molecule has 0 aliphatic carbocycles. The molecule has 0 aliphatic heterocycles. The lowest BCUT2D eigenvalue weighted by molar-refractivity contribution is 0.310. The molecule has 0 amide bonds. The van der Waals surface area contributed by atoms with Crippen LogP contribution in [0.25, 0.3) is 0 Å². The van der Waals surface area contributed by atoms with Crippen molar-refractivity contribution in [3.63, 3.8) is 0 Å². The molecule has 0 spiro atoms. The van der Waals surface area contributed by atoms with Crippen LogP contribution in [0, 0.1) is 0 Å². The molecule has 0 N–H and O–H groups in total. The average Bonchev–Trinajstić information content (AvgIpc) is 2.33. The van der Waals surface area contributed by atoms with Gasteiger partial charge in [0.05, 0.1) is 6.61 Å². The fraction of sp³-hybridized carbons (Fsp3) is 0.571. The molecule has 1 aromatic carbocycles. The standard InChI is InChI=1S/C14H21BrO/c1-2-3-6-13-7-9-14(10-8-13)16-12-5-4-11-15/h7-10H,2-6,11-12H2,1H3. The molecule has 0 fully saturated rings. The number of hydrogen-bond acceptors (Lipinski definition) is 1. The third kappa shape index (κ3) is 5.55. The van der Waals surface area contributed by atoms with Crippen molar-refractivity contribution in [3.05, 3.63) is 29.8 Å². The van der Waals surface area contributed by atoms with Gasteiger partial charge in [-0.3, -0.25) is 0 Å². The molecule has 2 heteroatoms. The second kappa shape index (κ2) is 8.63. The topological polar surface area (TPSA) is 9.23 Å². The molecule has 0 aliphatic rings. The Morgan fingerprint density at radius 3 is 2.44 bits per heavy atom. The summed E-state index contributed by atoms with van der Waals surface area (Å²) in [5.41, 5.74) is 1.41. The van der Waals surface area contributed by atoms with Crippen molar-refractivity contribution in [3.8, 4) is 5.75 Å². The van der Waals surface area contributed by atoms with Crippen LogP contribution < -0.4 is 4.74 Å². The minimum Gasteiger partial charge on any atom is -0.494 e. The van der Waals surface area contributed by atoms with Gasteiger partial charge in [0.2, 0.25) is 0 Å². The Bertz CT molecular complexity index is 269. The average molecular weight is 285 g/mol. The van der Waals surface area contributed by atoms with Gasteiger partial charge in [0.15, 0.2) is 0 Å². The molecular formula is C14H21BrO. The first-order chi connectivity index (χ1) is 7.86. The van der Waals surface area contributed by atoms with E-state index >= 15 is 0 Å². The van der Waals surface area contributed by atoms with Gasteiger partial charge in [0.1, 0.15) is 5.75 Å². The van der Waals surface area contributed by atoms with Crippen LogP contribution in [0.4, 0.5) is 0 Å². The third-order valence-electron chi connectivity index (χ3n) is 2.54. The quantitative estimate of drug-likeness (QED) is 0.501. The highest BCUT2D eigenvalue weighted by Gasteiger charge is 1.95. The lowest BCUT2D eigenvalue weighted by atomic mass is 10.1. The summed E-state index contributed by atoms with van der Waals surface area (Å²) in [6.07, 6.45) is 5.99. The molecule has 16 heavy (non-hydrogen) atoms. The van der Waals surface area contributed by atoms with Gasteiger partial charge in [0.25, 0.3) is 0 Å². The van der Waals surface area contributed by atoms with E-state index in [9.17, 15) is 0 Å². The number of ether oxygens (including phenoxy) is 1. The van der Waals surface area contributed by atoms with Gasteiger partial charge < -0.3 is 4.74 Å². The Morgan fingerprint density at radius 1 is 1.06 bits per heavy atom. The third-order valence-corrected chi connectivity index (χ3v) is 3.10. The first-order valence-corrected chi connectivity index (χ1v) is 7.26. The Kier molecular flexibility index (Phi) is 7.32. The van der Waals surface area contributed by atoms with Crippen molar-refractivity contribution in [1.29, 1.82) is 0 Å². The van der Waals surface area contributed by atoms with Crippen LogP contribution in [0.2, 0.25) is 0 Å². The summed E-state index contributed by atoms with van der Waals surface area (Å²) in [6, 6.07) is 8.52. The van der Waals surface area contributed by atoms with Crippen LogP contribution in [0.3, 0.4) is 0 Å². The number of hydrogen-bond donors (Lipinski definition) is 0. The molecule has 90 valence electrons. The zero-order valence-corrected chi connectivity index (χ0v) is 11.6. The van der Waals surface area contributed by atoms with Crippen molar-refractivity contribution in [2.75, 3.05) is 11.9 Å². The van der Waals surface area contributed by atoms with Crippen LogP contribution in [0.15, 0.2) is 24.3 Å². The zero-order valence-electron chi connectivity index (χ0n) is 10.0. The molecule has 0 atom stereocenters. The van der Waals surface area contributed by atoms with E-state index in [2.05, 4.69) is 47.1 Å². The summed E-state index contributed by atoms with van der Waals surface area (Å²) in [4.78, 5) is 0. The number of rotatable bonds is 8. The smallest absolute Gasteiger partial charge is 0.119 e. The predicted molar refractivity (Wildman–Crippen MR) is 73.6 cm³/mol. The van der Waals surface area contributed by atoms with Crippen LogP contribution in [0.1, 0.15) is 38.2 Å². The first kappa shape index (κ1) is 13.6. The van der Waals surface area contributed by atoms with Crippen molar-refractivity contribution in [2.45, 2.75) is 39.0 Å². The van der Waals surface area contributed by atoms with E-state index in [1.54, 1.807) is 0 Å². The minimum atomic E-state index is 0.819. The van der Waals surface area contributed by atoms with Gasteiger partial charge in [-0.25, -0.2) is 0 Å². The number of benzene rings is 1. The summed E-state index contributed by atoms with van der Waals surface area (Å²) in [5, 5.41) is 1.06. The summed E-state index contributed by atoms with van der Waals surface area (Å²) in [6.45, 7) is 3.04. The SMILES string of the molecule is CCCCc1ccc(OCCCCBr)cc1. The lowest BCUT2D eigenvalue weighted by Crippen LogP contribution is -1.97. The van der Waals surface area contributed by atoms with Crippen LogP contribution in [-0.4, -0.2) is 11.9 Å². The van der Waals surface area contributed by atoms with E-state index in [4.69, 9.17) is 4.74 Å². The Morgan fingerprint density at radius 2 is 1.81 bits per heavy atom. The van der Waals surface area contributed by atoms with E-state index in [-0.39, 0.29) is 0 Å². The number of halogens is 1. The molecule has 0 saturated carbocycles. The van der Waals surface area contributed by atoms with Gasteiger partial charge in [-0.05, 0) is 43.4 Å².